The van der Waals surface area contributed by atoms with E-state index < -0.39 is 0 Å². The van der Waals surface area contributed by atoms with Gasteiger partial charge in [-0.25, -0.2) is 0 Å². The number of hydrogen-bond acceptors (Lipinski definition) is 4. The fourth-order valence-corrected chi connectivity index (χ4v) is 5.19. The second-order valence-electron chi connectivity index (χ2n) is 9.07. The summed E-state index contributed by atoms with van der Waals surface area (Å²) in [7, 11) is 1.93. The third-order valence-electron chi connectivity index (χ3n) is 6.96. The van der Waals surface area contributed by atoms with Crippen molar-refractivity contribution in [3.8, 4) is 22.4 Å². The van der Waals surface area contributed by atoms with Crippen molar-refractivity contribution in [1.82, 2.24) is 24.5 Å². The fraction of sp³-hybridized carbons (Fsp3) is 0.346. The van der Waals surface area contributed by atoms with Gasteiger partial charge < -0.3 is 9.64 Å². The quantitative estimate of drug-likeness (QED) is 0.483. The minimum atomic E-state index is 0.114. The smallest absolute Gasteiger partial charge is 0.219 e. The minimum absolute atomic E-state index is 0.114. The Morgan fingerprint density at radius 3 is 2.85 bits per heavy atom. The molecule has 0 N–H and O–H groups in total. The van der Waals surface area contributed by atoms with Crippen LogP contribution in [0, 0.1) is 0 Å². The van der Waals surface area contributed by atoms with E-state index in [4.69, 9.17) is 9.84 Å². The van der Waals surface area contributed by atoms with Crippen LogP contribution in [0.1, 0.15) is 30.6 Å². The van der Waals surface area contributed by atoms with Crippen LogP contribution in [0.4, 0.5) is 0 Å². The predicted molar refractivity (Wildman–Crippen MR) is 127 cm³/mol. The van der Waals surface area contributed by atoms with Crippen molar-refractivity contribution in [2.45, 2.75) is 32.4 Å². The lowest BCUT2D eigenvalue weighted by atomic mass is 9.95. The Morgan fingerprint density at radius 1 is 1.18 bits per heavy atom. The summed E-state index contributed by atoms with van der Waals surface area (Å²) < 4.78 is 9.69. The van der Waals surface area contributed by atoms with E-state index in [-0.39, 0.29) is 11.9 Å². The molecule has 0 aliphatic carbocycles. The average molecular weight is 442 g/mol. The SMILES string of the molecule is CC(=O)N1CCc2c(c(-c3cccc4cc(-c5cnn(C)c5)ccc34)nn2C2CCOC2)C1. The Hall–Kier alpha value is -3.45. The summed E-state index contributed by atoms with van der Waals surface area (Å²) in [5.74, 6) is 0.114. The molecular formula is C26H27N5O2. The predicted octanol–water partition coefficient (Wildman–Crippen LogP) is 3.97. The van der Waals surface area contributed by atoms with Gasteiger partial charge in [0.05, 0.1) is 24.5 Å². The fourth-order valence-electron chi connectivity index (χ4n) is 5.19. The van der Waals surface area contributed by atoms with Crippen molar-refractivity contribution in [3.63, 3.8) is 0 Å². The number of nitrogens with zero attached hydrogens (tertiary/aromatic N) is 5. The topological polar surface area (TPSA) is 65.2 Å². The Labute approximate surface area is 192 Å². The van der Waals surface area contributed by atoms with Crippen LogP contribution in [0.15, 0.2) is 48.8 Å². The van der Waals surface area contributed by atoms with E-state index in [0.29, 0.717) is 13.2 Å². The van der Waals surface area contributed by atoms with Crippen LogP contribution in [-0.4, -0.2) is 50.1 Å². The van der Waals surface area contributed by atoms with Gasteiger partial charge >= 0.3 is 0 Å². The van der Waals surface area contributed by atoms with Gasteiger partial charge in [0.2, 0.25) is 5.91 Å². The minimum Gasteiger partial charge on any atom is -0.379 e. The zero-order valence-electron chi connectivity index (χ0n) is 19.0. The molecule has 1 atom stereocenters. The van der Waals surface area contributed by atoms with Crippen molar-refractivity contribution in [2.24, 2.45) is 7.05 Å². The number of hydrogen-bond donors (Lipinski definition) is 0. The van der Waals surface area contributed by atoms with E-state index >= 15 is 0 Å². The van der Waals surface area contributed by atoms with Gasteiger partial charge in [0.15, 0.2) is 0 Å². The number of benzene rings is 2. The van der Waals surface area contributed by atoms with E-state index in [1.54, 1.807) is 6.92 Å². The lowest BCUT2D eigenvalue weighted by molar-refractivity contribution is -0.129. The van der Waals surface area contributed by atoms with E-state index in [1.165, 1.54) is 22.0 Å². The second-order valence-corrected chi connectivity index (χ2v) is 9.07. The molecule has 4 aromatic rings. The number of rotatable bonds is 3. The average Bonchev–Trinajstić information content (AvgIpc) is 3.57. The van der Waals surface area contributed by atoms with Crippen molar-refractivity contribution in [1.29, 1.82) is 0 Å². The van der Waals surface area contributed by atoms with Gasteiger partial charge in [-0.1, -0.05) is 30.3 Å². The molecule has 6 rings (SSSR count). The normalized spacial score (nSPS) is 18.1. The van der Waals surface area contributed by atoms with Crippen LogP contribution in [-0.2, 0) is 29.5 Å². The molecule has 7 nitrogen and oxygen atoms in total. The van der Waals surface area contributed by atoms with Crippen molar-refractivity contribution in [2.75, 3.05) is 19.8 Å². The number of amides is 1. The molecule has 0 radical (unpaired) electrons. The summed E-state index contributed by atoms with van der Waals surface area (Å²) in [4.78, 5) is 14.1. The summed E-state index contributed by atoms with van der Waals surface area (Å²) in [6.45, 7) is 4.48. The van der Waals surface area contributed by atoms with Gasteiger partial charge in [0.1, 0.15) is 0 Å². The van der Waals surface area contributed by atoms with E-state index in [2.05, 4.69) is 46.2 Å². The Bertz CT molecular complexity index is 1360. The van der Waals surface area contributed by atoms with Crippen LogP contribution < -0.4 is 0 Å². The monoisotopic (exact) mass is 441 g/mol. The standard InChI is InChI=1S/C26H27N5O2/c1-17(32)30-10-8-25-24(15-30)26(28-31(25)21-9-11-33-16-21)23-5-3-4-19-12-18(6-7-22(19)23)20-13-27-29(2)14-20/h3-7,12-14,21H,8-11,15-16H2,1-2H3. The Balaban J connectivity index is 1.50. The van der Waals surface area contributed by atoms with Crippen LogP contribution in [0.5, 0.6) is 0 Å². The third kappa shape index (κ3) is 3.43. The molecule has 2 aliphatic heterocycles. The molecule has 1 unspecified atom stereocenters. The molecule has 0 bridgehead atoms. The zero-order valence-corrected chi connectivity index (χ0v) is 19.0. The highest BCUT2D eigenvalue weighted by Crippen LogP contribution is 2.37. The molecule has 4 heterocycles. The highest BCUT2D eigenvalue weighted by Gasteiger charge is 2.31. The van der Waals surface area contributed by atoms with E-state index in [9.17, 15) is 4.79 Å². The number of carbonyl (C=O) groups excluding carboxylic acids is 1. The lowest BCUT2D eigenvalue weighted by Crippen LogP contribution is -2.35. The van der Waals surface area contributed by atoms with Crippen molar-refractivity contribution in [3.05, 3.63) is 60.0 Å². The molecule has 1 amide bonds. The number of aromatic nitrogens is 4. The van der Waals surface area contributed by atoms with Gasteiger partial charge in [-0.3, -0.25) is 14.2 Å². The van der Waals surface area contributed by atoms with Crippen LogP contribution >= 0.6 is 0 Å². The molecule has 33 heavy (non-hydrogen) atoms. The first-order valence-electron chi connectivity index (χ1n) is 11.5. The van der Waals surface area contributed by atoms with Crippen molar-refractivity contribution >= 4 is 16.7 Å². The zero-order chi connectivity index (χ0) is 22.5. The third-order valence-corrected chi connectivity index (χ3v) is 6.96. The number of fused-ring (bicyclic) bond motifs is 2. The van der Waals surface area contributed by atoms with Gasteiger partial charge in [-0.2, -0.15) is 10.2 Å². The van der Waals surface area contributed by atoms with Crippen LogP contribution in [0.3, 0.4) is 0 Å². The second kappa shape index (κ2) is 7.85. The highest BCUT2D eigenvalue weighted by molar-refractivity contribution is 5.98. The van der Waals surface area contributed by atoms with E-state index in [0.717, 1.165) is 48.4 Å². The Morgan fingerprint density at radius 2 is 2.09 bits per heavy atom. The molecular weight excluding hydrogens is 414 g/mol. The summed E-state index contributed by atoms with van der Waals surface area (Å²) in [5, 5.41) is 11.8. The number of ether oxygens (including phenoxy) is 1. The van der Waals surface area contributed by atoms with Gasteiger partial charge in [0, 0.05) is 68.7 Å². The molecule has 1 fully saturated rings. The molecule has 168 valence electrons. The highest BCUT2D eigenvalue weighted by atomic mass is 16.5. The molecule has 2 aliphatic rings. The maximum atomic E-state index is 12.2. The number of carbonyl (C=O) groups is 1. The molecule has 7 heteroatoms. The summed E-state index contributed by atoms with van der Waals surface area (Å²) in [5.41, 5.74) is 6.78. The molecule has 2 aromatic carbocycles. The lowest BCUT2D eigenvalue weighted by Gasteiger charge is -2.27. The molecule has 0 spiro atoms. The Kier molecular flexibility index (Phi) is 4.80. The summed E-state index contributed by atoms with van der Waals surface area (Å²) in [6, 6.07) is 13.2. The number of aryl methyl sites for hydroxylation is 1. The summed E-state index contributed by atoms with van der Waals surface area (Å²) >= 11 is 0. The maximum absolute atomic E-state index is 12.2. The largest absolute Gasteiger partial charge is 0.379 e. The molecule has 1 saturated heterocycles. The van der Waals surface area contributed by atoms with Gasteiger partial charge in [-0.15, -0.1) is 0 Å². The van der Waals surface area contributed by atoms with Gasteiger partial charge in [0.25, 0.3) is 0 Å². The first-order chi connectivity index (χ1) is 16.1. The molecule has 0 saturated carbocycles. The van der Waals surface area contributed by atoms with Crippen molar-refractivity contribution < 1.29 is 9.53 Å². The van der Waals surface area contributed by atoms with Gasteiger partial charge in [-0.05, 0) is 28.8 Å². The first kappa shape index (κ1) is 20.2. The first-order valence-corrected chi connectivity index (χ1v) is 11.5. The van der Waals surface area contributed by atoms with E-state index in [1.807, 2.05) is 29.0 Å². The molecule has 2 aromatic heterocycles. The van der Waals surface area contributed by atoms with Crippen LogP contribution in [0.2, 0.25) is 0 Å². The summed E-state index contributed by atoms with van der Waals surface area (Å²) in [6.07, 6.45) is 5.73. The van der Waals surface area contributed by atoms with Crippen LogP contribution in [0.25, 0.3) is 33.2 Å². The maximum Gasteiger partial charge on any atom is 0.219 e.